The minimum Gasteiger partial charge on any atom is -0.357 e. The lowest BCUT2D eigenvalue weighted by atomic mass is 10.1. The fourth-order valence-corrected chi connectivity index (χ4v) is 1.81. The molecule has 2 N–H and O–H groups in total. The standard InChI is InChI=1S/C12H23N5O/c1-5-6-7-8-9(2)14-11(18)10-15-16-12(13-3)17(10)4/h9H,5-8H2,1-4H3,(H,13,16)(H,14,18). The van der Waals surface area contributed by atoms with Crippen molar-refractivity contribution >= 4 is 11.9 Å². The number of hydrogen-bond acceptors (Lipinski definition) is 4. The molecule has 6 nitrogen and oxygen atoms in total. The second-order valence-corrected chi connectivity index (χ2v) is 4.53. The Balaban J connectivity index is 2.51. The maximum absolute atomic E-state index is 12.0. The molecule has 0 bridgehead atoms. The molecule has 1 heterocycles. The molecular formula is C12H23N5O. The molecule has 6 heteroatoms. The predicted octanol–water partition coefficient (Wildman–Crippen LogP) is 1.56. The molecule has 0 saturated heterocycles. The summed E-state index contributed by atoms with van der Waals surface area (Å²) in [5.74, 6) is 0.746. The van der Waals surface area contributed by atoms with Crippen LogP contribution in [0.25, 0.3) is 0 Å². The first-order valence-corrected chi connectivity index (χ1v) is 6.48. The van der Waals surface area contributed by atoms with Gasteiger partial charge in [0.2, 0.25) is 11.8 Å². The Bertz CT molecular complexity index is 388. The maximum Gasteiger partial charge on any atom is 0.289 e. The van der Waals surface area contributed by atoms with Gasteiger partial charge in [0.05, 0.1) is 0 Å². The van der Waals surface area contributed by atoms with E-state index in [-0.39, 0.29) is 11.9 Å². The lowest BCUT2D eigenvalue weighted by molar-refractivity contribution is 0.0924. The molecule has 1 rings (SSSR count). The first-order valence-electron chi connectivity index (χ1n) is 6.48. The summed E-state index contributed by atoms with van der Waals surface area (Å²) in [6, 6.07) is 0.166. The molecule has 0 radical (unpaired) electrons. The molecule has 0 aliphatic rings. The average molecular weight is 253 g/mol. The molecule has 18 heavy (non-hydrogen) atoms. The van der Waals surface area contributed by atoms with Gasteiger partial charge < -0.3 is 10.6 Å². The van der Waals surface area contributed by atoms with Gasteiger partial charge in [-0.3, -0.25) is 9.36 Å². The third kappa shape index (κ3) is 3.72. The van der Waals surface area contributed by atoms with E-state index in [4.69, 9.17) is 0 Å². The Morgan fingerprint density at radius 1 is 1.39 bits per heavy atom. The van der Waals surface area contributed by atoms with Gasteiger partial charge in [-0.15, -0.1) is 10.2 Å². The molecule has 1 aromatic rings. The summed E-state index contributed by atoms with van der Waals surface area (Å²) in [5, 5.41) is 13.6. The van der Waals surface area contributed by atoms with E-state index >= 15 is 0 Å². The van der Waals surface area contributed by atoms with E-state index in [9.17, 15) is 4.79 Å². The van der Waals surface area contributed by atoms with Crippen LogP contribution in [0.3, 0.4) is 0 Å². The van der Waals surface area contributed by atoms with Crippen molar-refractivity contribution < 1.29 is 4.79 Å². The second kappa shape index (κ2) is 6.98. The van der Waals surface area contributed by atoms with Crippen molar-refractivity contribution in [1.29, 1.82) is 0 Å². The molecule has 1 aromatic heterocycles. The number of amides is 1. The summed E-state index contributed by atoms with van der Waals surface area (Å²) in [6.45, 7) is 4.19. The first-order chi connectivity index (χ1) is 8.60. The van der Waals surface area contributed by atoms with Gasteiger partial charge in [0.1, 0.15) is 0 Å². The van der Waals surface area contributed by atoms with Crippen LogP contribution in [-0.4, -0.2) is 33.8 Å². The fraction of sp³-hybridized carbons (Fsp3) is 0.750. The van der Waals surface area contributed by atoms with Crippen molar-refractivity contribution in [3.63, 3.8) is 0 Å². The highest BCUT2D eigenvalue weighted by atomic mass is 16.2. The molecule has 0 spiro atoms. The van der Waals surface area contributed by atoms with Crippen LogP contribution in [0.15, 0.2) is 0 Å². The van der Waals surface area contributed by atoms with E-state index in [1.807, 2.05) is 6.92 Å². The zero-order valence-electron chi connectivity index (χ0n) is 11.7. The largest absolute Gasteiger partial charge is 0.357 e. The SMILES string of the molecule is CCCCCC(C)NC(=O)c1nnc(NC)n1C. The minimum absolute atomic E-state index is 0.166. The van der Waals surface area contributed by atoms with Crippen molar-refractivity contribution in [2.24, 2.45) is 7.05 Å². The van der Waals surface area contributed by atoms with E-state index in [1.54, 1.807) is 18.7 Å². The normalized spacial score (nSPS) is 12.2. The van der Waals surface area contributed by atoms with Crippen molar-refractivity contribution in [2.45, 2.75) is 45.6 Å². The maximum atomic E-state index is 12.0. The Morgan fingerprint density at radius 2 is 2.11 bits per heavy atom. The van der Waals surface area contributed by atoms with Crippen molar-refractivity contribution in [3.05, 3.63) is 5.82 Å². The predicted molar refractivity (Wildman–Crippen MR) is 71.6 cm³/mol. The quantitative estimate of drug-likeness (QED) is 0.723. The summed E-state index contributed by atoms with van der Waals surface area (Å²) >= 11 is 0. The zero-order chi connectivity index (χ0) is 13.5. The molecule has 0 aliphatic carbocycles. The number of unbranched alkanes of at least 4 members (excludes halogenated alkanes) is 2. The number of anilines is 1. The second-order valence-electron chi connectivity index (χ2n) is 4.53. The summed E-state index contributed by atoms with van der Waals surface area (Å²) in [5.41, 5.74) is 0. The molecule has 0 fully saturated rings. The molecular weight excluding hydrogens is 230 g/mol. The van der Waals surface area contributed by atoms with Gasteiger partial charge in [0.15, 0.2) is 0 Å². The van der Waals surface area contributed by atoms with E-state index in [0.717, 1.165) is 12.8 Å². The van der Waals surface area contributed by atoms with Crippen molar-refractivity contribution in [2.75, 3.05) is 12.4 Å². The molecule has 1 amide bonds. The molecule has 102 valence electrons. The molecule has 0 aromatic carbocycles. The number of hydrogen-bond donors (Lipinski definition) is 2. The number of rotatable bonds is 7. The van der Waals surface area contributed by atoms with Crippen LogP contribution in [0.4, 0.5) is 5.95 Å². The van der Waals surface area contributed by atoms with E-state index in [1.165, 1.54) is 12.8 Å². The van der Waals surface area contributed by atoms with Crippen molar-refractivity contribution in [3.8, 4) is 0 Å². The summed E-state index contributed by atoms with van der Waals surface area (Å²) in [7, 11) is 3.52. The van der Waals surface area contributed by atoms with Gasteiger partial charge >= 0.3 is 0 Å². The third-order valence-corrected chi connectivity index (χ3v) is 2.92. The number of nitrogens with one attached hydrogen (secondary N) is 2. The molecule has 0 saturated carbocycles. The molecule has 1 atom stereocenters. The Labute approximate surface area is 108 Å². The Kier molecular flexibility index (Phi) is 5.61. The molecule has 1 unspecified atom stereocenters. The third-order valence-electron chi connectivity index (χ3n) is 2.92. The van der Waals surface area contributed by atoms with Crippen LogP contribution >= 0.6 is 0 Å². The lowest BCUT2D eigenvalue weighted by Gasteiger charge is -2.13. The van der Waals surface area contributed by atoms with E-state index < -0.39 is 0 Å². The van der Waals surface area contributed by atoms with Gasteiger partial charge in [-0.1, -0.05) is 26.2 Å². The Morgan fingerprint density at radius 3 is 2.67 bits per heavy atom. The molecule has 0 aliphatic heterocycles. The average Bonchev–Trinajstić information content (AvgIpc) is 2.70. The van der Waals surface area contributed by atoms with Crippen LogP contribution in [0, 0.1) is 0 Å². The van der Waals surface area contributed by atoms with Gasteiger partial charge in [0, 0.05) is 20.1 Å². The van der Waals surface area contributed by atoms with Crippen LogP contribution in [0.5, 0.6) is 0 Å². The first kappa shape index (κ1) is 14.5. The van der Waals surface area contributed by atoms with Gasteiger partial charge in [-0.25, -0.2) is 0 Å². The summed E-state index contributed by atoms with van der Waals surface area (Å²) in [4.78, 5) is 12.0. The van der Waals surface area contributed by atoms with Crippen LogP contribution < -0.4 is 10.6 Å². The summed E-state index contributed by atoms with van der Waals surface area (Å²) in [6.07, 6.45) is 4.53. The summed E-state index contributed by atoms with van der Waals surface area (Å²) < 4.78 is 1.65. The number of carbonyl (C=O) groups is 1. The van der Waals surface area contributed by atoms with Crippen LogP contribution in [0.1, 0.15) is 50.1 Å². The number of aromatic nitrogens is 3. The lowest BCUT2D eigenvalue weighted by Crippen LogP contribution is -2.34. The van der Waals surface area contributed by atoms with Gasteiger partial charge in [0.25, 0.3) is 5.91 Å². The highest BCUT2D eigenvalue weighted by Crippen LogP contribution is 2.06. The van der Waals surface area contributed by atoms with Crippen LogP contribution in [0.2, 0.25) is 0 Å². The Hall–Kier alpha value is -1.59. The van der Waals surface area contributed by atoms with Gasteiger partial charge in [-0.05, 0) is 13.3 Å². The fourth-order valence-electron chi connectivity index (χ4n) is 1.81. The number of nitrogens with zero attached hydrogens (tertiary/aromatic N) is 3. The van der Waals surface area contributed by atoms with Crippen LogP contribution in [-0.2, 0) is 7.05 Å². The van der Waals surface area contributed by atoms with Gasteiger partial charge in [-0.2, -0.15) is 0 Å². The smallest absolute Gasteiger partial charge is 0.289 e. The highest BCUT2D eigenvalue weighted by Gasteiger charge is 2.17. The van der Waals surface area contributed by atoms with E-state index in [0.29, 0.717) is 11.8 Å². The monoisotopic (exact) mass is 253 g/mol. The highest BCUT2D eigenvalue weighted by molar-refractivity contribution is 5.91. The topological polar surface area (TPSA) is 71.8 Å². The minimum atomic E-state index is -0.171. The zero-order valence-corrected chi connectivity index (χ0v) is 11.7. The number of carbonyl (C=O) groups excluding carboxylic acids is 1. The van der Waals surface area contributed by atoms with Crippen molar-refractivity contribution in [1.82, 2.24) is 20.1 Å². The van der Waals surface area contributed by atoms with E-state index in [2.05, 4.69) is 27.8 Å².